The molecule has 0 amide bonds. The fraction of sp³-hybridized carbons (Fsp3) is 0.615. The first-order valence-electron chi connectivity index (χ1n) is 6.27. The number of nitrogens with zero attached hydrogens (tertiary/aromatic N) is 2. The van der Waals surface area contributed by atoms with E-state index in [1.165, 1.54) is 19.3 Å². The number of hydrogen-bond donors (Lipinski definition) is 1. The molecular weight excluding hydrogens is 278 g/mol. The van der Waals surface area contributed by atoms with Crippen LogP contribution in [0.2, 0.25) is 0 Å². The van der Waals surface area contributed by atoms with E-state index in [-0.39, 0.29) is 0 Å². The van der Waals surface area contributed by atoms with Gasteiger partial charge in [-0.05, 0) is 47.8 Å². The van der Waals surface area contributed by atoms with Gasteiger partial charge in [-0.15, -0.1) is 0 Å². The Kier molecular flexibility index (Phi) is 4.54. The molecule has 4 heteroatoms. The van der Waals surface area contributed by atoms with E-state index in [4.69, 9.17) is 5.73 Å². The van der Waals surface area contributed by atoms with E-state index in [1.807, 2.05) is 12.3 Å². The molecule has 1 aliphatic rings. The number of halogens is 1. The third-order valence-electron chi connectivity index (χ3n) is 3.60. The maximum absolute atomic E-state index is 5.86. The standard InChI is InChI=1S/C13H20BrN3/c1-10-3-2-4-13(7-15)17(10)9-12-6-5-11(14)8-16-12/h5-6,8,10,13H,2-4,7,9,15H2,1H3. The molecule has 2 N–H and O–H groups in total. The zero-order valence-electron chi connectivity index (χ0n) is 10.3. The van der Waals surface area contributed by atoms with E-state index in [0.717, 1.165) is 23.3 Å². The largest absolute Gasteiger partial charge is 0.329 e. The summed E-state index contributed by atoms with van der Waals surface area (Å²) in [5.74, 6) is 0. The summed E-state index contributed by atoms with van der Waals surface area (Å²) in [4.78, 5) is 6.95. The molecular formula is C13H20BrN3. The number of likely N-dealkylation sites (tertiary alicyclic amines) is 1. The molecule has 0 radical (unpaired) electrons. The van der Waals surface area contributed by atoms with Crippen LogP contribution in [0.5, 0.6) is 0 Å². The number of hydrogen-bond acceptors (Lipinski definition) is 3. The minimum Gasteiger partial charge on any atom is -0.329 e. The molecule has 1 aromatic rings. The zero-order valence-corrected chi connectivity index (χ0v) is 11.9. The molecule has 0 aromatic carbocycles. The van der Waals surface area contributed by atoms with Crippen molar-refractivity contribution in [3.05, 3.63) is 28.5 Å². The summed E-state index contributed by atoms with van der Waals surface area (Å²) in [5, 5.41) is 0. The van der Waals surface area contributed by atoms with Gasteiger partial charge in [-0.3, -0.25) is 9.88 Å². The fourth-order valence-electron chi connectivity index (χ4n) is 2.57. The number of aromatic nitrogens is 1. The molecule has 2 heterocycles. The number of pyridine rings is 1. The van der Waals surface area contributed by atoms with Gasteiger partial charge in [0, 0.05) is 35.8 Å². The average molecular weight is 298 g/mol. The van der Waals surface area contributed by atoms with Crippen molar-refractivity contribution in [3.63, 3.8) is 0 Å². The lowest BCUT2D eigenvalue weighted by atomic mass is 9.96. The first kappa shape index (κ1) is 13.0. The topological polar surface area (TPSA) is 42.1 Å². The third kappa shape index (κ3) is 3.27. The number of nitrogens with two attached hydrogens (primary N) is 1. The Balaban J connectivity index is 2.06. The minimum atomic E-state index is 0.518. The Morgan fingerprint density at radius 2 is 2.29 bits per heavy atom. The monoisotopic (exact) mass is 297 g/mol. The van der Waals surface area contributed by atoms with Gasteiger partial charge in [0.25, 0.3) is 0 Å². The van der Waals surface area contributed by atoms with E-state index in [2.05, 4.69) is 38.8 Å². The Morgan fingerprint density at radius 3 is 2.94 bits per heavy atom. The normalized spacial score (nSPS) is 26.1. The second-order valence-corrected chi connectivity index (χ2v) is 5.73. The van der Waals surface area contributed by atoms with Crippen LogP contribution in [0.4, 0.5) is 0 Å². The van der Waals surface area contributed by atoms with Crippen LogP contribution in [-0.2, 0) is 6.54 Å². The average Bonchev–Trinajstić information content (AvgIpc) is 2.34. The fourth-order valence-corrected chi connectivity index (χ4v) is 2.80. The van der Waals surface area contributed by atoms with Gasteiger partial charge in [0.05, 0.1) is 5.69 Å². The molecule has 0 spiro atoms. The van der Waals surface area contributed by atoms with Crippen LogP contribution < -0.4 is 5.73 Å². The summed E-state index contributed by atoms with van der Waals surface area (Å²) >= 11 is 3.41. The van der Waals surface area contributed by atoms with E-state index in [0.29, 0.717) is 12.1 Å². The molecule has 0 saturated carbocycles. The highest BCUT2D eigenvalue weighted by atomic mass is 79.9. The summed E-state index contributed by atoms with van der Waals surface area (Å²) < 4.78 is 1.03. The lowest BCUT2D eigenvalue weighted by molar-refractivity contribution is 0.0878. The van der Waals surface area contributed by atoms with Crippen LogP contribution in [0.1, 0.15) is 31.9 Å². The van der Waals surface area contributed by atoms with Crippen LogP contribution in [-0.4, -0.2) is 28.5 Å². The highest BCUT2D eigenvalue weighted by molar-refractivity contribution is 9.10. The van der Waals surface area contributed by atoms with Crippen molar-refractivity contribution in [1.29, 1.82) is 0 Å². The second kappa shape index (κ2) is 5.94. The molecule has 2 unspecified atom stereocenters. The van der Waals surface area contributed by atoms with Crippen LogP contribution in [0.25, 0.3) is 0 Å². The predicted molar refractivity (Wildman–Crippen MR) is 73.6 cm³/mol. The van der Waals surface area contributed by atoms with E-state index >= 15 is 0 Å². The Bertz CT molecular complexity index is 352. The van der Waals surface area contributed by atoms with Crippen LogP contribution in [0.3, 0.4) is 0 Å². The van der Waals surface area contributed by atoms with Gasteiger partial charge >= 0.3 is 0 Å². The summed E-state index contributed by atoms with van der Waals surface area (Å²) in [5.41, 5.74) is 6.99. The summed E-state index contributed by atoms with van der Waals surface area (Å²) in [6.07, 6.45) is 5.65. The van der Waals surface area contributed by atoms with Gasteiger partial charge in [0.15, 0.2) is 0 Å². The first-order valence-corrected chi connectivity index (χ1v) is 7.06. The Morgan fingerprint density at radius 1 is 1.47 bits per heavy atom. The third-order valence-corrected chi connectivity index (χ3v) is 4.07. The highest BCUT2D eigenvalue weighted by Crippen LogP contribution is 2.24. The van der Waals surface area contributed by atoms with E-state index in [9.17, 15) is 0 Å². The molecule has 1 aliphatic heterocycles. The quantitative estimate of drug-likeness (QED) is 0.932. The molecule has 1 fully saturated rings. The van der Waals surface area contributed by atoms with Crippen LogP contribution in [0.15, 0.2) is 22.8 Å². The van der Waals surface area contributed by atoms with Crippen molar-refractivity contribution in [1.82, 2.24) is 9.88 Å². The van der Waals surface area contributed by atoms with E-state index in [1.54, 1.807) is 0 Å². The molecule has 17 heavy (non-hydrogen) atoms. The van der Waals surface area contributed by atoms with Crippen LogP contribution >= 0.6 is 15.9 Å². The van der Waals surface area contributed by atoms with Crippen molar-refractivity contribution >= 4 is 15.9 Å². The summed E-state index contributed by atoms with van der Waals surface area (Å²) in [6.45, 7) is 3.96. The molecule has 1 saturated heterocycles. The maximum Gasteiger partial charge on any atom is 0.0545 e. The molecule has 2 rings (SSSR count). The smallest absolute Gasteiger partial charge is 0.0545 e. The van der Waals surface area contributed by atoms with Gasteiger partial charge in [-0.1, -0.05) is 6.42 Å². The van der Waals surface area contributed by atoms with Gasteiger partial charge in [-0.25, -0.2) is 0 Å². The maximum atomic E-state index is 5.86. The zero-order chi connectivity index (χ0) is 12.3. The van der Waals surface area contributed by atoms with Crippen molar-refractivity contribution in [3.8, 4) is 0 Å². The molecule has 0 bridgehead atoms. The van der Waals surface area contributed by atoms with Gasteiger partial charge < -0.3 is 5.73 Å². The van der Waals surface area contributed by atoms with Crippen molar-refractivity contribution in [2.45, 2.75) is 44.8 Å². The molecule has 3 nitrogen and oxygen atoms in total. The van der Waals surface area contributed by atoms with Crippen molar-refractivity contribution < 1.29 is 0 Å². The first-order chi connectivity index (χ1) is 8.20. The van der Waals surface area contributed by atoms with E-state index < -0.39 is 0 Å². The SMILES string of the molecule is CC1CCCC(CN)N1Cc1ccc(Br)cn1. The number of rotatable bonds is 3. The predicted octanol–water partition coefficient (Wildman–Crippen LogP) is 2.55. The Labute approximate surface area is 112 Å². The minimum absolute atomic E-state index is 0.518. The van der Waals surface area contributed by atoms with Crippen molar-refractivity contribution in [2.75, 3.05) is 6.54 Å². The van der Waals surface area contributed by atoms with Crippen molar-refractivity contribution in [2.24, 2.45) is 5.73 Å². The van der Waals surface area contributed by atoms with Gasteiger partial charge in [0.2, 0.25) is 0 Å². The lowest BCUT2D eigenvalue weighted by Crippen LogP contribution is -2.48. The van der Waals surface area contributed by atoms with Gasteiger partial charge in [-0.2, -0.15) is 0 Å². The highest BCUT2D eigenvalue weighted by Gasteiger charge is 2.26. The summed E-state index contributed by atoms with van der Waals surface area (Å²) in [6, 6.07) is 5.26. The number of piperidine rings is 1. The van der Waals surface area contributed by atoms with Gasteiger partial charge in [0.1, 0.15) is 0 Å². The second-order valence-electron chi connectivity index (χ2n) is 4.81. The lowest BCUT2D eigenvalue weighted by Gasteiger charge is -2.40. The summed E-state index contributed by atoms with van der Waals surface area (Å²) in [7, 11) is 0. The molecule has 2 atom stereocenters. The Hall–Kier alpha value is -0.450. The van der Waals surface area contributed by atoms with Crippen LogP contribution in [0, 0.1) is 0 Å². The molecule has 0 aliphatic carbocycles. The molecule has 94 valence electrons. The molecule has 1 aromatic heterocycles.